The van der Waals surface area contributed by atoms with Gasteiger partial charge >= 0.3 is 0 Å². The molecule has 1 aliphatic heterocycles. The molecule has 5 heteroatoms. The van der Waals surface area contributed by atoms with E-state index in [0.717, 1.165) is 5.56 Å². The number of hydrogen-bond donors (Lipinski definition) is 1. The molecule has 2 heterocycles. The Bertz CT molecular complexity index is 427. The van der Waals surface area contributed by atoms with Gasteiger partial charge in [-0.3, -0.25) is 9.59 Å². The van der Waals surface area contributed by atoms with Crippen molar-refractivity contribution in [2.75, 3.05) is 13.1 Å². The van der Waals surface area contributed by atoms with Gasteiger partial charge < -0.3 is 10.2 Å². The smallest absolute Gasteiger partial charge is 0.255 e. The summed E-state index contributed by atoms with van der Waals surface area (Å²) in [6.07, 6.45) is 0. The van der Waals surface area contributed by atoms with Crippen molar-refractivity contribution >= 4 is 23.2 Å². The van der Waals surface area contributed by atoms with Gasteiger partial charge in [0.25, 0.3) is 5.91 Å². The van der Waals surface area contributed by atoms with Crippen molar-refractivity contribution in [2.24, 2.45) is 0 Å². The van der Waals surface area contributed by atoms with Crippen molar-refractivity contribution in [3.63, 3.8) is 0 Å². The van der Waals surface area contributed by atoms with Crippen molar-refractivity contribution in [1.82, 2.24) is 10.2 Å². The number of thiophene rings is 1. The fourth-order valence-electron chi connectivity index (χ4n) is 1.79. The molecule has 0 bridgehead atoms. The van der Waals surface area contributed by atoms with Gasteiger partial charge in [0.2, 0.25) is 5.91 Å². The molecule has 0 aromatic carbocycles. The van der Waals surface area contributed by atoms with Crippen LogP contribution in [0.3, 0.4) is 0 Å². The summed E-state index contributed by atoms with van der Waals surface area (Å²) in [5.41, 5.74) is 1.69. The highest BCUT2D eigenvalue weighted by Crippen LogP contribution is 2.18. The van der Waals surface area contributed by atoms with E-state index in [-0.39, 0.29) is 17.9 Å². The predicted octanol–water partition coefficient (Wildman–Crippen LogP) is 1.02. The molecule has 4 nitrogen and oxygen atoms in total. The Morgan fingerprint density at radius 1 is 1.56 bits per heavy atom. The van der Waals surface area contributed by atoms with Crippen LogP contribution in [0.2, 0.25) is 0 Å². The normalized spacial score (nSPS) is 20.8. The van der Waals surface area contributed by atoms with E-state index in [1.54, 1.807) is 11.8 Å². The lowest BCUT2D eigenvalue weighted by molar-refractivity contribution is -0.127. The minimum atomic E-state index is -0.374. The molecule has 1 atom stereocenters. The van der Waals surface area contributed by atoms with Crippen molar-refractivity contribution < 1.29 is 9.59 Å². The zero-order valence-electron chi connectivity index (χ0n) is 9.32. The monoisotopic (exact) mass is 238 g/mol. The maximum atomic E-state index is 12.2. The van der Waals surface area contributed by atoms with Crippen LogP contribution in [-0.2, 0) is 4.79 Å². The number of amides is 2. The third kappa shape index (κ3) is 1.82. The number of carbonyl (C=O) groups excluding carboxylic acids is 2. The summed E-state index contributed by atoms with van der Waals surface area (Å²) in [5, 5.41) is 6.54. The Kier molecular flexibility index (Phi) is 2.96. The summed E-state index contributed by atoms with van der Waals surface area (Å²) in [7, 11) is 0. The Balaban J connectivity index is 2.22. The maximum Gasteiger partial charge on any atom is 0.255 e. The zero-order valence-corrected chi connectivity index (χ0v) is 10.1. The molecule has 0 saturated carbocycles. The van der Waals surface area contributed by atoms with Crippen LogP contribution in [-0.4, -0.2) is 35.8 Å². The predicted molar refractivity (Wildman–Crippen MR) is 62.6 cm³/mol. The van der Waals surface area contributed by atoms with Gasteiger partial charge in [-0.25, -0.2) is 0 Å². The summed E-state index contributed by atoms with van der Waals surface area (Å²) >= 11 is 1.51. The molecule has 0 spiro atoms. The quantitative estimate of drug-likeness (QED) is 0.794. The minimum absolute atomic E-state index is 0.0406. The summed E-state index contributed by atoms with van der Waals surface area (Å²) < 4.78 is 0. The van der Waals surface area contributed by atoms with Crippen LogP contribution >= 0.6 is 11.3 Å². The number of carbonyl (C=O) groups is 2. The number of piperazine rings is 1. The SMILES string of the molecule is Cc1cscc1C(=O)N1CCNC(=O)C1C. The average Bonchev–Trinajstić information content (AvgIpc) is 2.68. The molecule has 2 rings (SSSR count). The second-order valence-electron chi connectivity index (χ2n) is 3.93. The average molecular weight is 238 g/mol. The summed E-state index contributed by atoms with van der Waals surface area (Å²) in [6.45, 7) is 4.80. The van der Waals surface area contributed by atoms with E-state index >= 15 is 0 Å². The summed E-state index contributed by atoms with van der Waals surface area (Å²) in [5.74, 6) is -0.117. The second kappa shape index (κ2) is 4.25. The van der Waals surface area contributed by atoms with E-state index < -0.39 is 0 Å². The molecule has 0 aliphatic carbocycles. The molecule has 1 aromatic rings. The highest BCUT2D eigenvalue weighted by atomic mass is 32.1. The number of hydrogen-bond acceptors (Lipinski definition) is 3. The first-order chi connectivity index (χ1) is 7.61. The first-order valence-electron chi connectivity index (χ1n) is 5.22. The molecule has 1 aromatic heterocycles. The minimum Gasteiger partial charge on any atom is -0.353 e. The largest absolute Gasteiger partial charge is 0.353 e. The van der Waals surface area contributed by atoms with Gasteiger partial charge in [0.15, 0.2) is 0 Å². The van der Waals surface area contributed by atoms with Gasteiger partial charge in [0, 0.05) is 18.5 Å². The van der Waals surface area contributed by atoms with E-state index in [4.69, 9.17) is 0 Å². The van der Waals surface area contributed by atoms with Crippen molar-refractivity contribution in [3.05, 3.63) is 21.9 Å². The van der Waals surface area contributed by atoms with E-state index in [2.05, 4.69) is 5.32 Å². The van der Waals surface area contributed by atoms with Gasteiger partial charge in [-0.1, -0.05) is 0 Å². The van der Waals surface area contributed by atoms with Gasteiger partial charge in [-0.2, -0.15) is 11.3 Å². The summed E-state index contributed by atoms with van der Waals surface area (Å²) in [6, 6.07) is -0.374. The van der Waals surface area contributed by atoms with Crippen molar-refractivity contribution in [3.8, 4) is 0 Å². The molecule has 16 heavy (non-hydrogen) atoms. The highest BCUT2D eigenvalue weighted by molar-refractivity contribution is 7.08. The fraction of sp³-hybridized carbons (Fsp3) is 0.455. The standard InChI is InChI=1S/C11H14N2O2S/c1-7-5-16-6-9(7)11(15)13-4-3-12-10(14)8(13)2/h5-6,8H,3-4H2,1-2H3,(H,12,14). The Morgan fingerprint density at radius 2 is 2.31 bits per heavy atom. The van der Waals surface area contributed by atoms with Crippen LogP contribution in [0.15, 0.2) is 10.8 Å². The lowest BCUT2D eigenvalue weighted by Gasteiger charge is -2.32. The lowest BCUT2D eigenvalue weighted by Crippen LogP contribution is -2.55. The number of rotatable bonds is 1. The second-order valence-corrected chi connectivity index (χ2v) is 4.68. The maximum absolute atomic E-state index is 12.2. The third-order valence-electron chi connectivity index (χ3n) is 2.85. The zero-order chi connectivity index (χ0) is 11.7. The van der Waals surface area contributed by atoms with Crippen LogP contribution in [0, 0.1) is 6.92 Å². The van der Waals surface area contributed by atoms with E-state index in [1.807, 2.05) is 17.7 Å². The highest BCUT2D eigenvalue weighted by Gasteiger charge is 2.30. The molecule has 86 valence electrons. The topological polar surface area (TPSA) is 49.4 Å². The molecule has 0 radical (unpaired) electrons. The molecule has 1 N–H and O–H groups in total. The Morgan fingerprint density at radius 3 is 2.94 bits per heavy atom. The van der Waals surface area contributed by atoms with Gasteiger partial charge in [0.1, 0.15) is 6.04 Å². The van der Waals surface area contributed by atoms with E-state index in [0.29, 0.717) is 18.7 Å². The first kappa shape index (κ1) is 11.1. The molecular formula is C11H14N2O2S. The summed E-state index contributed by atoms with van der Waals surface area (Å²) in [4.78, 5) is 25.3. The third-order valence-corrected chi connectivity index (χ3v) is 3.71. The van der Waals surface area contributed by atoms with Gasteiger partial charge in [-0.05, 0) is 24.8 Å². The number of aryl methyl sites for hydroxylation is 1. The Labute approximate surface area is 98.3 Å². The first-order valence-corrected chi connectivity index (χ1v) is 6.17. The van der Waals surface area contributed by atoms with Crippen molar-refractivity contribution in [2.45, 2.75) is 19.9 Å². The molecule has 1 aliphatic rings. The lowest BCUT2D eigenvalue weighted by atomic mass is 10.1. The molecule has 1 saturated heterocycles. The molecule has 2 amide bonds. The van der Waals surface area contributed by atoms with Gasteiger partial charge in [-0.15, -0.1) is 0 Å². The molecule has 1 fully saturated rings. The molecular weight excluding hydrogens is 224 g/mol. The van der Waals surface area contributed by atoms with E-state index in [9.17, 15) is 9.59 Å². The van der Waals surface area contributed by atoms with Crippen molar-refractivity contribution in [1.29, 1.82) is 0 Å². The van der Waals surface area contributed by atoms with Crippen LogP contribution in [0.25, 0.3) is 0 Å². The fourth-order valence-corrected chi connectivity index (χ4v) is 2.62. The Hall–Kier alpha value is -1.36. The number of nitrogens with one attached hydrogen (secondary N) is 1. The van der Waals surface area contributed by atoms with Crippen LogP contribution in [0.5, 0.6) is 0 Å². The van der Waals surface area contributed by atoms with Gasteiger partial charge in [0.05, 0.1) is 5.56 Å². The van der Waals surface area contributed by atoms with Crippen LogP contribution in [0.4, 0.5) is 0 Å². The van der Waals surface area contributed by atoms with Crippen LogP contribution in [0.1, 0.15) is 22.8 Å². The van der Waals surface area contributed by atoms with Crippen LogP contribution < -0.4 is 5.32 Å². The molecule has 1 unspecified atom stereocenters. The van der Waals surface area contributed by atoms with E-state index in [1.165, 1.54) is 11.3 Å². The number of nitrogens with zero attached hydrogens (tertiary/aromatic N) is 1.